The Morgan fingerprint density at radius 1 is 1.21 bits per heavy atom. The third-order valence-electron chi connectivity index (χ3n) is 4.06. The molecule has 0 bridgehead atoms. The number of halogens is 5. The summed E-state index contributed by atoms with van der Waals surface area (Å²) in [6.07, 6.45) is -4.50. The molecule has 152 valence electrons. The molecule has 1 heterocycles. The maximum atomic E-state index is 13.9. The van der Waals surface area contributed by atoms with E-state index in [2.05, 4.69) is 15.4 Å². The molecule has 6 nitrogen and oxygen atoms in total. The lowest BCUT2D eigenvalue weighted by Gasteiger charge is -2.18. The average Bonchev–Trinajstić information content (AvgIpc) is 3.12. The van der Waals surface area contributed by atoms with Crippen molar-refractivity contribution in [3.8, 4) is 11.4 Å². The zero-order valence-electron chi connectivity index (χ0n) is 15.0. The van der Waals surface area contributed by atoms with Crippen LogP contribution in [-0.2, 0) is 24.1 Å². The summed E-state index contributed by atoms with van der Waals surface area (Å²) in [6, 6.07) is 8.67. The topological polar surface area (TPSA) is 63.9 Å². The van der Waals surface area contributed by atoms with E-state index in [1.165, 1.54) is 42.3 Å². The van der Waals surface area contributed by atoms with E-state index in [0.29, 0.717) is 0 Å². The van der Waals surface area contributed by atoms with E-state index >= 15 is 0 Å². The number of carbonyl (C=O) groups excluding carboxylic acids is 1. The van der Waals surface area contributed by atoms with Crippen LogP contribution >= 0.6 is 11.6 Å². The Balaban J connectivity index is 1.71. The monoisotopic (exact) mass is 427 g/mol. The summed E-state index contributed by atoms with van der Waals surface area (Å²) < 4.78 is 52.4. The van der Waals surface area contributed by atoms with Gasteiger partial charge in [0.1, 0.15) is 12.4 Å². The number of alkyl halides is 3. The number of nitrogens with zero attached hydrogens (tertiary/aromatic N) is 5. The largest absolute Gasteiger partial charge is 0.416 e. The van der Waals surface area contributed by atoms with Crippen LogP contribution < -0.4 is 0 Å². The number of tetrazole rings is 1. The minimum Gasteiger partial charge on any atom is -0.340 e. The molecular weight excluding hydrogens is 414 g/mol. The highest BCUT2D eigenvalue weighted by atomic mass is 35.5. The minimum absolute atomic E-state index is 0.0521. The molecule has 11 heteroatoms. The molecule has 0 saturated carbocycles. The Morgan fingerprint density at radius 2 is 1.93 bits per heavy atom. The molecule has 3 aromatic rings. The summed E-state index contributed by atoms with van der Waals surface area (Å²) in [5.74, 6) is -1.05. The van der Waals surface area contributed by atoms with Gasteiger partial charge in [0, 0.05) is 29.7 Å². The second-order valence-electron chi connectivity index (χ2n) is 6.17. The number of benzene rings is 2. The van der Waals surface area contributed by atoms with Crippen LogP contribution in [0.5, 0.6) is 0 Å². The summed E-state index contributed by atoms with van der Waals surface area (Å²) in [6.45, 7) is -0.395. The molecule has 0 aliphatic carbocycles. The van der Waals surface area contributed by atoms with Gasteiger partial charge in [-0.05, 0) is 29.5 Å². The average molecular weight is 428 g/mol. The lowest BCUT2D eigenvalue weighted by molar-refractivity contribution is -0.137. The van der Waals surface area contributed by atoms with Gasteiger partial charge in [-0.3, -0.25) is 4.79 Å². The number of amides is 1. The first-order chi connectivity index (χ1) is 13.6. The van der Waals surface area contributed by atoms with E-state index < -0.39 is 23.5 Å². The van der Waals surface area contributed by atoms with Crippen molar-refractivity contribution in [3.05, 3.63) is 64.4 Å². The SMILES string of the molecule is CN(Cc1c(F)cccc1Cl)C(=O)Cn1nnc(-c2cccc(C(F)(F)F)c2)n1. The predicted molar refractivity (Wildman–Crippen MR) is 96.1 cm³/mol. The molecule has 0 saturated heterocycles. The van der Waals surface area contributed by atoms with Crippen molar-refractivity contribution in [2.45, 2.75) is 19.3 Å². The minimum atomic E-state index is -4.50. The highest BCUT2D eigenvalue weighted by Gasteiger charge is 2.30. The maximum Gasteiger partial charge on any atom is 0.416 e. The van der Waals surface area contributed by atoms with Crippen LogP contribution in [0.25, 0.3) is 11.4 Å². The summed E-state index contributed by atoms with van der Waals surface area (Å²) in [5.41, 5.74) is -0.560. The summed E-state index contributed by atoms with van der Waals surface area (Å²) >= 11 is 5.96. The van der Waals surface area contributed by atoms with Gasteiger partial charge in [-0.2, -0.15) is 18.0 Å². The highest BCUT2D eigenvalue weighted by molar-refractivity contribution is 6.31. The van der Waals surface area contributed by atoms with Crippen LogP contribution in [0, 0.1) is 5.82 Å². The van der Waals surface area contributed by atoms with Gasteiger partial charge in [-0.15, -0.1) is 10.2 Å². The van der Waals surface area contributed by atoms with Crippen LogP contribution in [0.2, 0.25) is 5.02 Å². The second-order valence-corrected chi connectivity index (χ2v) is 6.58. The normalized spacial score (nSPS) is 11.5. The van der Waals surface area contributed by atoms with Crippen LogP contribution in [0.3, 0.4) is 0 Å². The second kappa shape index (κ2) is 8.16. The summed E-state index contributed by atoms with van der Waals surface area (Å²) in [4.78, 5) is 14.5. The van der Waals surface area contributed by atoms with Gasteiger partial charge in [0.05, 0.1) is 5.56 Å². The standard InChI is InChI=1S/C18H14ClF4N5O/c1-27(9-13-14(19)6-3-7-15(13)20)16(29)10-28-25-17(24-26-28)11-4-2-5-12(8-11)18(21,22)23/h2-8H,9-10H2,1H3. The van der Waals surface area contributed by atoms with Crippen molar-refractivity contribution < 1.29 is 22.4 Å². The van der Waals surface area contributed by atoms with Gasteiger partial charge < -0.3 is 4.90 Å². The Morgan fingerprint density at radius 3 is 2.62 bits per heavy atom. The summed E-state index contributed by atoms with van der Waals surface area (Å²) in [7, 11) is 1.45. The molecule has 0 unspecified atom stereocenters. The molecular formula is C18H14ClF4N5O. The van der Waals surface area contributed by atoms with Crippen molar-refractivity contribution in [2.24, 2.45) is 0 Å². The molecule has 1 amide bonds. The van der Waals surface area contributed by atoms with E-state index in [9.17, 15) is 22.4 Å². The number of aromatic nitrogens is 4. The number of carbonyl (C=O) groups is 1. The molecule has 1 aromatic heterocycles. The number of likely N-dealkylation sites (N-methyl/N-ethyl adjacent to an activating group) is 1. The Labute approximate surface area is 167 Å². The third-order valence-corrected chi connectivity index (χ3v) is 4.41. The Kier molecular flexibility index (Phi) is 5.83. The first-order valence-electron chi connectivity index (χ1n) is 8.27. The van der Waals surface area contributed by atoms with Crippen LogP contribution in [0.1, 0.15) is 11.1 Å². The van der Waals surface area contributed by atoms with Gasteiger partial charge in [-0.1, -0.05) is 29.8 Å². The summed E-state index contributed by atoms with van der Waals surface area (Å²) in [5, 5.41) is 11.5. The number of hydrogen-bond acceptors (Lipinski definition) is 4. The van der Waals surface area contributed by atoms with Crippen molar-refractivity contribution in [1.82, 2.24) is 25.1 Å². The number of hydrogen-bond donors (Lipinski definition) is 0. The molecule has 0 aliphatic heterocycles. The highest BCUT2D eigenvalue weighted by Crippen LogP contribution is 2.31. The Hall–Kier alpha value is -3.01. The van der Waals surface area contributed by atoms with E-state index in [0.717, 1.165) is 16.9 Å². The van der Waals surface area contributed by atoms with Gasteiger partial charge in [0.2, 0.25) is 11.7 Å². The molecule has 0 atom stereocenters. The van der Waals surface area contributed by atoms with Gasteiger partial charge in [-0.25, -0.2) is 4.39 Å². The van der Waals surface area contributed by atoms with Gasteiger partial charge in [0.15, 0.2) is 0 Å². The van der Waals surface area contributed by atoms with E-state index in [1.54, 1.807) is 0 Å². The Bertz CT molecular complexity index is 1020. The van der Waals surface area contributed by atoms with Crippen LogP contribution in [0.15, 0.2) is 42.5 Å². The number of rotatable bonds is 5. The molecule has 0 fully saturated rings. The fourth-order valence-corrected chi connectivity index (χ4v) is 2.73. The first kappa shape index (κ1) is 20.7. The molecule has 0 aliphatic rings. The smallest absolute Gasteiger partial charge is 0.340 e. The van der Waals surface area contributed by atoms with Gasteiger partial charge in [0.25, 0.3) is 0 Å². The van der Waals surface area contributed by atoms with E-state index in [-0.39, 0.29) is 35.1 Å². The van der Waals surface area contributed by atoms with Crippen LogP contribution in [0.4, 0.5) is 17.6 Å². The van der Waals surface area contributed by atoms with E-state index in [4.69, 9.17) is 11.6 Å². The molecule has 0 radical (unpaired) electrons. The van der Waals surface area contributed by atoms with Crippen molar-refractivity contribution in [3.63, 3.8) is 0 Å². The van der Waals surface area contributed by atoms with E-state index in [1.807, 2.05) is 0 Å². The van der Waals surface area contributed by atoms with Crippen molar-refractivity contribution >= 4 is 17.5 Å². The van der Waals surface area contributed by atoms with Crippen LogP contribution in [-0.4, -0.2) is 38.1 Å². The van der Waals surface area contributed by atoms with Crippen molar-refractivity contribution in [2.75, 3.05) is 7.05 Å². The zero-order valence-corrected chi connectivity index (χ0v) is 15.7. The first-order valence-corrected chi connectivity index (χ1v) is 8.65. The molecule has 29 heavy (non-hydrogen) atoms. The molecule has 3 rings (SSSR count). The lowest BCUT2D eigenvalue weighted by Crippen LogP contribution is -2.31. The fraction of sp³-hybridized carbons (Fsp3) is 0.222. The molecule has 2 aromatic carbocycles. The predicted octanol–water partition coefficient (Wildman–Crippen LogP) is 3.81. The maximum absolute atomic E-state index is 13.9. The lowest BCUT2D eigenvalue weighted by atomic mass is 10.1. The fourth-order valence-electron chi connectivity index (χ4n) is 2.51. The quantitative estimate of drug-likeness (QED) is 0.581. The zero-order chi connectivity index (χ0) is 21.2. The van der Waals surface area contributed by atoms with Gasteiger partial charge >= 0.3 is 6.18 Å². The molecule has 0 spiro atoms. The molecule has 0 N–H and O–H groups in total. The van der Waals surface area contributed by atoms with Crippen molar-refractivity contribution in [1.29, 1.82) is 0 Å². The third kappa shape index (κ3) is 4.89.